The highest BCUT2D eigenvalue weighted by atomic mass is 16.7. The fourth-order valence-electron chi connectivity index (χ4n) is 4.59. The van der Waals surface area contributed by atoms with Crippen molar-refractivity contribution in [2.24, 2.45) is 0 Å². The van der Waals surface area contributed by atoms with E-state index in [2.05, 4.69) is 30.6 Å². The quantitative estimate of drug-likeness (QED) is 0.157. The first-order valence-corrected chi connectivity index (χ1v) is 14.1. The van der Waals surface area contributed by atoms with Gasteiger partial charge in [-0.1, -0.05) is 66.7 Å². The predicted octanol–water partition coefficient (Wildman–Crippen LogP) is 4.35. The largest absolute Gasteiger partial charge is 0.507 e. The Hall–Kier alpha value is -6.96. The van der Waals surface area contributed by atoms with Crippen LogP contribution in [0.2, 0.25) is 0 Å². The maximum Gasteiger partial charge on any atom is 0.288 e. The molecule has 0 fully saturated rings. The average molecular weight is 631 g/mol. The third-order valence-electron chi connectivity index (χ3n) is 6.77. The molecule has 4 heterocycles. The number of anilines is 4. The number of aromatic nitrogens is 6. The van der Waals surface area contributed by atoms with Crippen LogP contribution in [0.4, 0.5) is 23.0 Å². The average Bonchev–Trinajstić information content (AvgIpc) is 3.09. The molecule has 0 aliphatic carbocycles. The highest BCUT2D eigenvalue weighted by Crippen LogP contribution is 2.30. The van der Waals surface area contributed by atoms with Gasteiger partial charge in [-0.3, -0.25) is 9.59 Å². The molecule has 0 spiro atoms. The van der Waals surface area contributed by atoms with Gasteiger partial charge in [-0.25, -0.2) is 19.9 Å². The maximum absolute atomic E-state index is 12.3. The van der Waals surface area contributed by atoms with Crippen molar-refractivity contribution in [1.29, 1.82) is 0 Å². The van der Waals surface area contributed by atoms with Crippen LogP contribution in [0.1, 0.15) is 5.56 Å². The van der Waals surface area contributed by atoms with E-state index in [1.165, 1.54) is 12.7 Å². The van der Waals surface area contributed by atoms with Gasteiger partial charge >= 0.3 is 0 Å². The van der Waals surface area contributed by atoms with Crippen LogP contribution in [0.5, 0.6) is 11.5 Å². The van der Waals surface area contributed by atoms with Gasteiger partial charge in [0.05, 0.1) is 0 Å². The van der Waals surface area contributed by atoms with Crippen molar-refractivity contribution in [3.8, 4) is 11.5 Å². The molecule has 0 atom stereocenters. The van der Waals surface area contributed by atoms with E-state index in [1.54, 1.807) is 0 Å². The number of fused-ring (bicyclic) bond motifs is 2. The summed E-state index contributed by atoms with van der Waals surface area (Å²) in [5.41, 5.74) is 1.29. The van der Waals surface area contributed by atoms with Crippen molar-refractivity contribution < 1.29 is 20.3 Å². The predicted molar refractivity (Wildman–Crippen MR) is 174 cm³/mol. The number of nitrogens with one attached hydrogen (secondary N) is 2. The molecule has 14 heteroatoms. The molecule has 7 rings (SSSR count). The Morgan fingerprint density at radius 2 is 1.09 bits per heavy atom. The van der Waals surface area contributed by atoms with Gasteiger partial charge < -0.3 is 30.9 Å². The number of hydrogen-bond acceptors (Lipinski definition) is 12. The van der Waals surface area contributed by atoms with Crippen molar-refractivity contribution in [3.05, 3.63) is 142 Å². The second-order valence-electron chi connectivity index (χ2n) is 9.92. The van der Waals surface area contributed by atoms with Gasteiger partial charge in [0.1, 0.15) is 53.2 Å². The zero-order chi connectivity index (χ0) is 32.8. The molecule has 0 radical (unpaired) electrons. The zero-order valence-electron chi connectivity index (χ0n) is 24.4. The summed E-state index contributed by atoms with van der Waals surface area (Å²) in [7, 11) is 0. The van der Waals surface area contributed by atoms with Crippen molar-refractivity contribution in [2.45, 2.75) is 6.61 Å². The molecule has 0 saturated carbocycles. The molecule has 0 aliphatic rings. The van der Waals surface area contributed by atoms with E-state index >= 15 is 0 Å². The van der Waals surface area contributed by atoms with Crippen molar-refractivity contribution in [3.63, 3.8) is 0 Å². The van der Waals surface area contributed by atoms with Crippen LogP contribution >= 0.6 is 0 Å². The lowest BCUT2D eigenvalue weighted by atomic mass is 10.2. The Morgan fingerprint density at radius 1 is 0.617 bits per heavy atom. The summed E-state index contributed by atoms with van der Waals surface area (Å²) in [4.78, 5) is 45.6. The lowest BCUT2D eigenvalue weighted by Crippen LogP contribution is -2.27. The van der Waals surface area contributed by atoms with Gasteiger partial charge in [0.25, 0.3) is 11.1 Å². The third-order valence-corrected chi connectivity index (χ3v) is 6.77. The molecule has 7 aromatic rings. The van der Waals surface area contributed by atoms with Crippen molar-refractivity contribution in [2.75, 3.05) is 10.6 Å². The molecule has 0 bridgehead atoms. The molecular weight excluding hydrogens is 604 g/mol. The third kappa shape index (κ3) is 6.61. The summed E-state index contributed by atoms with van der Waals surface area (Å²) < 4.78 is 1.44. The molecule has 234 valence electrons. The fourth-order valence-corrected chi connectivity index (χ4v) is 4.59. The van der Waals surface area contributed by atoms with E-state index in [-0.39, 0.29) is 34.8 Å². The Balaban J connectivity index is 0.000000172. The molecule has 47 heavy (non-hydrogen) atoms. The van der Waals surface area contributed by atoms with E-state index < -0.39 is 11.1 Å². The fraction of sp³-hybridized carbons (Fsp3) is 0.0303. The monoisotopic (exact) mass is 630 g/mol. The van der Waals surface area contributed by atoms with Crippen LogP contribution in [-0.2, 0) is 6.61 Å². The van der Waals surface area contributed by atoms with E-state index in [0.29, 0.717) is 21.8 Å². The van der Waals surface area contributed by atoms with Gasteiger partial charge in [0.2, 0.25) is 0 Å². The summed E-state index contributed by atoms with van der Waals surface area (Å²) in [5, 5.41) is 36.5. The zero-order valence-corrected chi connectivity index (χ0v) is 24.4. The standard InChI is InChI=1S/C20H16N4O3.C13H10N4O3/c25-16-11-17(26)24(27-12-14-7-3-1-4-8-14)20-18(16)19(21-13-22-20)23-15-9-5-2-6-10-15;18-9-6-10(19)17(20)13-11(9)12(14-7-15-13)16-8-4-2-1-3-5-8/h1-11,13,25H,12H2,(H,21,22,23);1-7,18,20H,(H,14,15,16). The summed E-state index contributed by atoms with van der Waals surface area (Å²) in [6.07, 6.45) is 2.51. The minimum atomic E-state index is -0.764. The smallest absolute Gasteiger partial charge is 0.288 e. The van der Waals surface area contributed by atoms with Gasteiger partial charge in [0, 0.05) is 23.5 Å². The second kappa shape index (κ2) is 13.4. The molecule has 0 saturated heterocycles. The lowest BCUT2D eigenvalue weighted by Gasteiger charge is -2.14. The highest BCUT2D eigenvalue weighted by molar-refractivity contribution is 5.94. The lowest BCUT2D eigenvalue weighted by molar-refractivity contribution is 0.0976. The Bertz CT molecular complexity index is 2280. The molecule has 4 aromatic heterocycles. The van der Waals surface area contributed by atoms with Crippen molar-refractivity contribution >= 4 is 45.1 Å². The van der Waals surface area contributed by atoms with Crippen LogP contribution in [-0.4, -0.2) is 44.8 Å². The summed E-state index contributed by atoms with van der Waals surface area (Å²) in [6.45, 7) is 0.187. The maximum atomic E-state index is 12.3. The molecule has 14 nitrogen and oxygen atoms in total. The molecule has 5 N–H and O–H groups in total. The van der Waals surface area contributed by atoms with E-state index in [1.807, 2.05) is 91.0 Å². The van der Waals surface area contributed by atoms with Crippen LogP contribution in [0.3, 0.4) is 0 Å². The number of aromatic hydroxyl groups is 2. The highest BCUT2D eigenvalue weighted by Gasteiger charge is 2.16. The minimum Gasteiger partial charge on any atom is -0.507 e. The molecule has 0 aliphatic heterocycles. The van der Waals surface area contributed by atoms with Crippen molar-refractivity contribution in [1.82, 2.24) is 29.4 Å². The van der Waals surface area contributed by atoms with Crippen LogP contribution < -0.4 is 26.6 Å². The SMILES string of the molecule is O=c1cc(O)c2c(Nc3ccccc3)ncnc2n1O.O=c1cc(O)c2c(Nc3ccccc3)ncnc2n1OCc1ccccc1. The van der Waals surface area contributed by atoms with Gasteiger partial charge in [0.15, 0.2) is 11.3 Å². The summed E-state index contributed by atoms with van der Waals surface area (Å²) in [5.74, 6) is 0.158. The van der Waals surface area contributed by atoms with E-state index in [4.69, 9.17) is 4.84 Å². The molecular formula is C33H26N8O6. The van der Waals surface area contributed by atoms with Crippen LogP contribution in [0.25, 0.3) is 22.1 Å². The number of benzene rings is 3. The molecule has 3 aromatic carbocycles. The van der Waals surface area contributed by atoms with E-state index in [0.717, 1.165) is 33.8 Å². The number of pyridine rings is 2. The van der Waals surface area contributed by atoms with Gasteiger partial charge in [-0.05, 0) is 29.8 Å². The Morgan fingerprint density at radius 3 is 1.64 bits per heavy atom. The minimum absolute atomic E-state index is 0.0663. The topological polar surface area (TPSA) is 190 Å². The molecule has 0 unspecified atom stereocenters. The first-order chi connectivity index (χ1) is 22.9. The summed E-state index contributed by atoms with van der Waals surface area (Å²) in [6, 6.07) is 30.0. The van der Waals surface area contributed by atoms with E-state index in [9.17, 15) is 25.0 Å². The first kappa shape index (κ1) is 30.1. The van der Waals surface area contributed by atoms with Gasteiger partial charge in [-0.2, -0.15) is 0 Å². The number of hydrogen-bond donors (Lipinski definition) is 5. The number of para-hydroxylation sites is 2. The summed E-state index contributed by atoms with van der Waals surface area (Å²) >= 11 is 0. The first-order valence-electron chi connectivity index (χ1n) is 14.1. The number of rotatable bonds is 7. The normalized spacial score (nSPS) is 10.6. The van der Waals surface area contributed by atoms with Gasteiger partial charge in [-0.15, -0.1) is 9.46 Å². The number of nitrogens with zero attached hydrogens (tertiary/aromatic N) is 6. The second-order valence-corrected chi connectivity index (χ2v) is 9.92. The Labute approximate surface area is 265 Å². The molecule has 0 amide bonds. The van der Waals surface area contributed by atoms with Crippen LogP contribution in [0, 0.1) is 0 Å². The van der Waals surface area contributed by atoms with Crippen LogP contribution in [0.15, 0.2) is 125 Å². The Kier molecular flexibility index (Phi) is 8.55.